The summed E-state index contributed by atoms with van der Waals surface area (Å²) >= 11 is 0. The molecule has 0 amide bonds. The molecule has 7 nitrogen and oxygen atoms in total. The average molecular weight is 446 g/mol. The van der Waals surface area contributed by atoms with Gasteiger partial charge < -0.3 is 25.3 Å². The Morgan fingerprint density at radius 3 is 2.41 bits per heavy atom. The number of benzene rings is 2. The minimum Gasteiger partial charge on any atom is -0.480 e. The molecule has 3 unspecified atom stereocenters. The van der Waals surface area contributed by atoms with E-state index in [0.717, 1.165) is 12.1 Å². The topological polar surface area (TPSA) is 91.5 Å². The molecule has 1 aromatic heterocycles. The van der Waals surface area contributed by atoms with Gasteiger partial charge in [-0.05, 0) is 43.7 Å². The van der Waals surface area contributed by atoms with E-state index in [1.54, 1.807) is 26.0 Å². The quantitative estimate of drug-likeness (QED) is 0.581. The van der Waals surface area contributed by atoms with Gasteiger partial charge in [-0.3, -0.25) is 0 Å². The van der Waals surface area contributed by atoms with Gasteiger partial charge in [-0.2, -0.15) is 13.2 Å². The molecular formula is C22H21F3N4O3. The standard InChI is InChI=1S/C22H21F3N4O3/c1-10(12-3-13(22(23,24)25)5-14(26)4-12)27-21-15-6-17-18(7-16(15)28-11(2)29-21)32-20-9-30-8-19(20)31-17/h3-7,10,19-20H,8-9,26H2,1-2H3,(H,27,28,29). The highest BCUT2D eigenvalue weighted by molar-refractivity contribution is 5.92. The third-order valence-electron chi connectivity index (χ3n) is 5.57. The molecule has 3 heterocycles. The van der Waals surface area contributed by atoms with Crippen molar-refractivity contribution >= 4 is 22.4 Å². The monoisotopic (exact) mass is 446 g/mol. The van der Waals surface area contributed by atoms with E-state index >= 15 is 0 Å². The molecule has 3 aromatic rings. The number of fused-ring (bicyclic) bond motifs is 3. The normalized spacial score (nSPS) is 20.8. The van der Waals surface area contributed by atoms with E-state index in [1.807, 2.05) is 0 Å². The van der Waals surface area contributed by atoms with Crippen LogP contribution in [0.4, 0.5) is 24.7 Å². The Morgan fingerprint density at radius 1 is 1.03 bits per heavy atom. The molecular weight excluding hydrogens is 425 g/mol. The van der Waals surface area contributed by atoms with Gasteiger partial charge in [0.2, 0.25) is 0 Å². The van der Waals surface area contributed by atoms with Crippen molar-refractivity contribution in [1.29, 1.82) is 0 Å². The number of nitrogen functional groups attached to an aromatic ring is 1. The average Bonchev–Trinajstić information content (AvgIpc) is 3.16. The van der Waals surface area contributed by atoms with Crippen LogP contribution in [0.3, 0.4) is 0 Å². The van der Waals surface area contributed by atoms with E-state index in [9.17, 15) is 13.2 Å². The van der Waals surface area contributed by atoms with Crippen LogP contribution in [0.25, 0.3) is 10.9 Å². The maximum absolute atomic E-state index is 13.2. The van der Waals surface area contributed by atoms with Crippen LogP contribution in [0.5, 0.6) is 11.5 Å². The number of hydrogen-bond donors (Lipinski definition) is 2. The number of nitrogens with two attached hydrogens (primary N) is 1. The van der Waals surface area contributed by atoms with Gasteiger partial charge in [0.1, 0.15) is 11.6 Å². The molecule has 5 rings (SSSR count). The summed E-state index contributed by atoms with van der Waals surface area (Å²) in [5.74, 6) is 2.12. The molecule has 168 valence electrons. The van der Waals surface area contributed by atoms with Gasteiger partial charge >= 0.3 is 6.18 Å². The fourth-order valence-corrected chi connectivity index (χ4v) is 3.99. The number of halogens is 3. The van der Waals surface area contributed by atoms with Crippen LogP contribution >= 0.6 is 0 Å². The molecule has 0 radical (unpaired) electrons. The summed E-state index contributed by atoms with van der Waals surface area (Å²) < 4.78 is 57.1. The number of aryl methyl sites for hydroxylation is 1. The van der Waals surface area contributed by atoms with E-state index in [-0.39, 0.29) is 17.9 Å². The second kappa shape index (κ2) is 7.40. The Hall–Kier alpha value is -3.27. The summed E-state index contributed by atoms with van der Waals surface area (Å²) in [5, 5.41) is 3.87. The molecule has 3 N–H and O–H groups in total. The summed E-state index contributed by atoms with van der Waals surface area (Å²) in [6.45, 7) is 4.41. The van der Waals surface area contributed by atoms with Crippen molar-refractivity contribution < 1.29 is 27.4 Å². The van der Waals surface area contributed by atoms with E-state index in [1.165, 1.54) is 6.07 Å². The highest BCUT2D eigenvalue weighted by atomic mass is 19.4. The lowest BCUT2D eigenvalue weighted by Crippen LogP contribution is -2.38. The second-order valence-electron chi connectivity index (χ2n) is 8.04. The van der Waals surface area contributed by atoms with E-state index in [0.29, 0.717) is 52.8 Å². The second-order valence-corrected chi connectivity index (χ2v) is 8.04. The third-order valence-corrected chi connectivity index (χ3v) is 5.57. The van der Waals surface area contributed by atoms with Crippen molar-refractivity contribution in [1.82, 2.24) is 9.97 Å². The first-order valence-corrected chi connectivity index (χ1v) is 10.1. The van der Waals surface area contributed by atoms with E-state index < -0.39 is 17.8 Å². The lowest BCUT2D eigenvalue weighted by Gasteiger charge is -2.28. The van der Waals surface area contributed by atoms with Crippen LogP contribution in [0.15, 0.2) is 30.3 Å². The maximum Gasteiger partial charge on any atom is 0.416 e. The first kappa shape index (κ1) is 20.6. The van der Waals surface area contributed by atoms with Gasteiger partial charge in [0, 0.05) is 17.1 Å². The van der Waals surface area contributed by atoms with Crippen molar-refractivity contribution in [3.8, 4) is 11.5 Å². The Kier molecular flexibility index (Phi) is 4.77. The number of nitrogens with zero attached hydrogens (tertiary/aromatic N) is 2. The van der Waals surface area contributed by atoms with Crippen molar-refractivity contribution in [2.45, 2.75) is 38.3 Å². The minimum atomic E-state index is -4.49. The van der Waals surface area contributed by atoms with Crippen LogP contribution in [0.1, 0.15) is 29.9 Å². The number of ether oxygens (including phenoxy) is 3. The molecule has 0 aliphatic carbocycles. The summed E-state index contributed by atoms with van der Waals surface area (Å²) in [4.78, 5) is 8.96. The number of alkyl halides is 3. The number of aromatic nitrogens is 2. The summed E-state index contributed by atoms with van der Waals surface area (Å²) in [5.41, 5.74) is 6.00. The van der Waals surface area contributed by atoms with Crippen molar-refractivity contribution in [2.24, 2.45) is 0 Å². The molecule has 10 heteroatoms. The number of nitrogens with one attached hydrogen (secondary N) is 1. The third kappa shape index (κ3) is 3.75. The maximum atomic E-state index is 13.2. The van der Waals surface area contributed by atoms with Crippen LogP contribution in [0, 0.1) is 6.92 Å². The predicted octanol–water partition coefficient (Wildman–Crippen LogP) is 4.25. The number of rotatable bonds is 3. The fraction of sp³-hybridized carbons (Fsp3) is 0.364. The molecule has 2 aliphatic heterocycles. The Morgan fingerprint density at radius 2 is 1.72 bits per heavy atom. The first-order valence-electron chi connectivity index (χ1n) is 10.1. The number of hydrogen-bond acceptors (Lipinski definition) is 7. The first-order chi connectivity index (χ1) is 15.2. The highest BCUT2D eigenvalue weighted by Gasteiger charge is 2.37. The van der Waals surface area contributed by atoms with Crippen molar-refractivity contribution in [2.75, 3.05) is 24.3 Å². The molecule has 32 heavy (non-hydrogen) atoms. The lowest BCUT2D eigenvalue weighted by atomic mass is 10.0. The molecule has 1 saturated heterocycles. The molecule has 0 spiro atoms. The van der Waals surface area contributed by atoms with Gasteiger partial charge in [0.05, 0.1) is 30.3 Å². The van der Waals surface area contributed by atoms with E-state index in [4.69, 9.17) is 19.9 Å². The molecule has 0 bridgehead atoms. The molecule has 0 saturated carbocycles. The zero-order chi connectivity index (χ0) is 22.6. The van der Waals surface area contributed by atoms with Gasteiger partial charge in [0.15, 0.2) is 23.7 Å². The smallest absolute Gasteiger partial charge is 0.416 e. The molecule has 3 atom stereocenters. The summed E-state index contributed by atoms with van der Waals surface area (Å²) in [7, 11) is 0. The highest BCUT2D eigenvalue weighted by Crippen LogP contribution is 2.41. The molecule has 1 fully saturated rings. The van der Waals surface area contributed by atoms with Crippen LogP contribution < -0.4 is 20.5 Å². The minimum absolute atomic E-state index is 0.0418. The van der Waals surface area contributed by atoms with Crippen molar-refractivity contribution in [3.63, 3.8) is 0 Å². The zero-order valence-electron chi connectivity index (χ0n) is 17.4. The fourth-order valence-electron chi connectivity index (χ4n) is 3.99. The predicted molar refractivity (Wildman–Crippen MR) is 112 cm³/mol. The number of anilines is 2. The largest absolute Gasteiger partial charge is 0.480 e. The van der Waals surface area contributed by atoms with Gasteiger partial charge in [-0.25, -0.2) is 9.97 Å². The van der Waals surface area contributed by atoms with Gasteiger partial charge in [0.25, 0.3) is 0 Å². The van der Waals surface area contributed by atoms with Crippen LogP contribution in [-0.2, 0) is 10.9 Å². The molecule has 2 aromatic carbocycles. The van der Waals surface area contributed by atoms with Gasteiger partial charge in [-0.1, -0.05) is 0 Å². The Labute approximate surface area is 181 Å². The van der Waals surface area contributed by atoms with E-state index in [2.05, 4.69) is 15.3 Å². The van der Waals surface area contributed by atoms with Crippen LogP contribution in [-0.4, -0.2) is 35.4 Å². The van der Waals surface area contributed by atoms with Gasteiger partial charge in [-0.15, -0.1) is 0 Å². The zero-order valence-corrected chi connectivity index (χ0v) is 17.4. The van der Waals surface area contributed by atoms with Crippen LogP contribution in [0.2, 0.25) is 0 Å². The van der Waals surface area contributed by atoms with Crippen molar-refractivity contribution in [3.05, 3.63) is 47.3 Å². The Balaban J connectivity index is 1.51. The SMILES string of the molecule is Cc1nc(NC(C)c2cc(N)cc(C(F)(F)F)c2)c2cc3c(cc2n1)OC1COCC1O3. The summed E-state index contributed by atoms with van der Waals surface area (Å²) in [6.07, 6.45) is -4.83. The Bertz CT molecular complexity index is 1200. The lowest BCUT2D eigenvalue weighted by molar-refractivity contribution is -0.137. The summed E-state index contributed by atoms with van der Waals surface area (Å²) in [6, 6.07) is 6.59. The molecule has 2 aliphatic rings.